The van der Waals surface area contributed by atoms with Crippen molar-refractivity contribution in [1.29, 1.82) is 0 Å². The highest BCUT2D eigenvalue weighted by Gasteiger charge is 2.06. The molecule has 2 aromatic rings. The van der Waals surface area contributed by atoms with Crippen LogP contribution in [0.3, 0.4) is 0 Å². The van der Waals surface area contributed by atoms with E-state index in [1.807, 2.05) is 37.2 Å². The Hall–Kier alpha value is -1.93. The van der Waals surface area contributed by atoms with Crippen LogP contribution in [-0.2, 0) is 12.8 Å². The van der Waals surface area contributed by atoms with E-state index in [4.69, 9.17) is 0 Å². The van der Waals surface area contributed by atoms with E-state index in [2.05, 4.69) is 36.4 Å². The van der Waals surface area contributed by atoms with Crippen LogP contribution in [0.1, 0.15) is 27.9 Å². The summed E-state index contributed by atoms with van der Waals surface area (Å²) in [6, 6.07) is 18.5. The molecule has 0 aliphatic rings. The number of benzene rings is 2. The topological polar surface area (TPSA) is 20.3 Å². The summed E-state index contributed by atoms with van der Waals surface area (Å²) in [5, 5.41) is 0. The first-order valence-corrected chi connectivity index (χ1v) is 7.46. The van der Waals surface area contributed by atoms with Crippen molar-refractivity contribution in [3.8, 4) is 0 Å². The monoisotopic (exact) mass is 281 g/mol. The fourth-order valence-corrected chi connectivity index (χ4v) is 2.26. The highest BCUT2D eigenvalue weighted by atomic mass is 16.1. The second-order valence-corrected chi connectivity index (χ2v) is 5.66. The third-order valence-electron chi connectivity index (χ3n) is 3.61. The molecule has 2 nitrogen and oxygen atoms in total. The van der Waals surface area contributed by atoms with E-state index in [-0.39, 0.29) is 5.78 Å². The van der Waals surface area contributed by atoms with E-state index in [0.29, 0.717) is 6.42 Å². The number of ketones is 1. The molecule has 0 radical (unpaired) electrons. The number of aryl methyl sites for hydroxylation is 2. The highest BCUT2D eigenvalue weighted by Crippen LogP contribution is 2.10. The molecule has 0 bridgehead atoms. The summed E-state index contributed by atoms with van der Waals surface area (Å²) >= 11 is 0. The quantitative estimate of drug-likeness (QED) is 0.723. The van der Waals surface area contributed by atoms with Gasteiger partial charge in [-0.1, -0.05) is 54.6 Å². The fourth-order valence-electron chi connectivity index (χ4n) is 2.26. The van der Waals surface area contributed by atoms with Crippen LogP contribution in [0.2, 0.25) is 0 Å². The summed E-state index contributed by atoms with van der Waals surface area (Å²) in [5.74, 6) is 0.221. The Morgan fingerprint density at radius 2 is 1.43 bits per heavy atom. The predicted octanol–water partition coefficient (Wildman–Crippen LogP) is 3.61. The van der Waals surface area contributed by atoms with Gasteiger partial charge in [0, 0.05) is 18.5 Å². The van der Waals surface area contributed by atoms with Crippen LogP contribution < -0.4 is 0 Å². The van der Waals surface area contributed by atoms with Crippen LogP contribution in [-0.4, -0.2) is 31.3 Å². The molecule has 0 aliphatic heterocycles. The molecule has 0 unspecified atom stereocenters. The van der Waals surface area contributed by atoms with Crippen molar-refractivity contribution in [3.05, 3.63) is 71.3 Å². The van der Waals surface area contributed by atoms with Crippen molar-refractivity contribution in [2.75, 3.05) is 20.6 Å². The molecule has 0 spiro atoms. The van der Waals surface area contributed by atoms with Gasteiger partial charge in [-0.05, 0) is 38.1 Å². The Balaban J connectivity index is 1.88. The van der Waals surface area contributed by atoms with Crippen LogP contribution in [0.25, 0.3) is 0 Å². The van der Waals surface area contributed by atoms with Crippen molar-refractivity contribution >= 4 is 5.78 Å². The average Bonchev–Trinajstić information content (AvgIpc) is 2.52. The zero-order chi connectivity index (χ0) is 15.1. The fraction of sp³-hybridized carbons (Fsp3) is 0.316. The van der Waals surface area contributed by atoms with Gasteiger partial charge < -0.3 is 4.90 Å². The van der Waals surface area contributed by atoms with E-state index in [0.717, 1.165) is 24.9 Å². The number of carbonyl (C=O) groups excluding carboxylic acids is 1. The van der Waals surface area contributed by atoms with Gasteiger partial charge in [-0.3, -0.25) is 4.79 Å². The van der Waals surface area contributed by atoms with Gasteiger partial charge in [-0.2, -0.15) is 0 Å². The predicted molar refractivity (Wildman–Crippen MR) is 87.8 cm³/mol. The summed E-state index contributed by atoms with van der Waals surface area (Å²) in [4.78, 5) is 14.0. The van der Waals surface area contributed by atoms with Crippen molar-refractivity contribution in [1.82, 2.24) is 4.90 Å². The molecular weight excluding hydrogens is 258 g/mol. The summed E-state index contributed by atoms with van der Waals surface area (Å²) in [5.41, 5.74) is 3.45. The number of rotatable bonds is 7. The number of nitrogens with zero attached hydrogens (tertiary/aromatic N) is 1. The maximum absolute atomic E-state index is 12.0. The number of carbonyl (C=O) groups is 1. The Labute approximate surface area is 127 Å². The number of Topliss-reactive ketones (excluding diaryl/α,β-unsaturated/α-hetero) is 1. The minimum atomic E-state index is 0.221. The van der Waals surface area contributed by atoms with Crippen LogP contribution in [0.5, 0.6) is 0 Å². The van der Waals surface area contributed by atoms with Gasteiger partial charge in [0.2, 0.25) is 0 Å². The first-order chi connectivity index (χ1) is 10.1. The van der Waals surface area contributed by atoms with Gasteiger partial charge in [0.05, 0.1) is 0 Å². The lowest BCUT2D eigenvalue weighted by Crippen LogP contribution is -2.16. The van der Waals surface area contributed by atoms with E-state index in [1.165, 1.54) is 11.1 Å². The first-order valence-electron chi connectivity index (χ1n) is 7.46. The molecule has 0 fully saturated rings. The van der Waals surface area contributed by atoms with Gasteiger partial charge in [-0.15, -0.1) is 0 Å². The zero-order valence-electron chi connectivity index (χ0n) is 12.9. The zero-order valence-corrected chi connectivity index (χ0v) is 12.9. The molecule has 2 rings (SSSR count). The van der Waals surface area contributed by atoms with Crippen molar-refractivity contribution in [2.45, 2.75) is 19.3 Å². The molecule has 0 aromatic heterocycles. The van der Waals surface area contributed by atoms with Crippen LogP contribution >= 0.6 is 0 Å². The number of hydrogen-bond acceptors (Lipinski definition) is 2. The van der Waals surface area contributed by atoms with E-state index >= 15 is 0 Å². The van der Waals surface area contributed by atoms with Crippen molar-refractivity contribution < 1.29 is 4.79 Å². The number of hydrogen-bond donors (Lipinski definition) is 0. The summed E-state index contributed by atoms with van der Waals surface area (Å²) in [6.07, 6.45) is 2.63. The van der Waals surface area contributed by atoms with E-state index in [1.54, 1.807) is 0 Å². The molecule has 21 heavy (non-hydrogen) atoms. The van der Waals surface area contributed by atoms with E-state index < -0.39 is 0 Å². The van der Waals surface area contributed by atoms with Crippen LogP contribution in [0.15, 0.2) is 54.6 Å². The van der Waals surface area contributed by atoms with Crippen molar-refractivity contribution in [2.24, 2.45) is 0 Å². The average molecular weight is 281 g/mol. The Morgan fingerprint density at radius 3 is 2.00 bits per heavy atom. The normalized spacial score (nSPS) is 10.8. The maximum Gasteiger partial charge on any atom is 0.164 e. The van der Waals surface area contributed by atoms with Gasteiger partial charge in [-0.25, -0.2) is 0 Å². The minimum Gasteiger partial charge on any atom is -0.309 e. The molecule has 0 heterocycles. The molecule has 0 saturated carbocycles. The highest BCUT2D eigenvalue weighted by molar-refractivity contribution is 5.96. The summed E-state index contributed by atoms with van der Waals surface area (Å²) < 4.78 is 0. The first kappa shape index (κ1) is 15.5. The largest absolute Gasteiger partial charge is 0.309 e. The molecule has 0 aliphatic carbocycles. The molecule has 110 valence electrons. The van der Waals surface area contributed by atoms with Gasteiger partial charge in [0.25, 0.3) is 0 Å². The van der Waals surface area contributed by atoms with Crippen molar-refractivity contribution in [3.63, 3.8) is 0 Å². The lowest BCUT2D eigenvalue weighted by Gasteiger charge is -2.08. The molecule has 2 heteroatoms. The molecule has 0 saturated heterocycles. The SMILES string of the molecule is CN(C)CCC(=O)c1ccc(CCc2ccccc2)cc1. The minimum absolute atomic E-state index is 0.221. The standard InChI is InChI=1S/C19H23NO/c1-20(2)15-14-19(21)18-12-10-17(11-13-18)9-8-16-6-4-3-5-7-16/h3-7,10-13H,8-9,14-15H2,1-2H3. The Morgan fingerprint density at radius 1 is 0.857 bits per heavy atom. The van der Waals surface area contributed by atoms with Gasteiger partial charge >= 0.3 is 0 Å². The molecular formula is C19H23NO. The lowest BCUT2D eigenvalue weighted by atomic mass is 10.0. The van der Waals surface area contributed by atoms with Gasteiger partial charge in [0.15, 0.2) is 5.78 Å². The molecule has 2 aromatic carbocycles. The molecule has 0 atom stereocenters. The van der Waals surface area contributed by atoms with Crippen LogP contribution in [0.4, 0.5) is 0 Å². The Bertz CT molecular complexity index is 558. The molecule has 0 amide bonds. The smallest absolute Gasteiger partial charge is 0.164 e. The third kappa shape index (κ3) is 5.16. The second-order valence-electron chi connectivity index (χ2n) is 5.66. The Kier molecular flexibility index (Phi) is 5.70. The third-order valence-corrected chi connectivity index (χ3v) is 3.61. The molecule has 0 N–H and O–H groups in total. The van der Waals surface area contributed by atoms with Gasteiger partial charge in [0.1, 0.15) is 0 Å². The maximum atomic E-state index is 12.0. The second kappa shape index (κ2) is 7.75. The van der Waals surface area contributed by atoms with Crippen LogP contribution in [0, 0.1) is 0 Å². The lowest BCUT2D eigenvalue weighted by molar-refractivity contribution is 0.0972. The summed E-state index contributed by atoms with van der Waals surface area (Å²) in [7, 11) is 3.97. The summed E-state index contributed by atoms with van der Waals surface area (Å²) in [6.45, 7) is 0.800. The van der Waals surface area contributed by atoms with E-state index in [9.17, 15) is 4.79 Å².